The van der Waals surface area contributed by atoms with Crippen molar-refractivity contribution in [3.63, 3.8) is 0 Å². The fraction of sp³-hybridized carbons (Fsp3) is 0.471. The summed E-state index contributed by atoms with van der Waals surface area (Å²) in [6, 6.07) is 8.28. The Hall–Kier alpha value is -2.25. The quantitative estimate of drug-likeness (QED) is 0.888. The molecule has 1 amide bonds. The van der Waals surface area contributed by atoms with Crippen molar-refractivity contribution in [2.75, 3.05) is 26.7 Å². The van der Waals surface area contributed by atoms with Gasteiger partial charge in [0.15, 0.2) is 5.82 Å². The minimum Gasteiger partial charge on any atom is -0.371 e. The lowest BCUT2D eigenvalue weighted by molar-refractivity contribution is -0.120. The summed E-state index contributed by atoms with van der Waals surface area (Å²) in [7, 11) is 1.59. The van der Waals surface area contributed by atoms with Crippen molar-refractivity contribution in [3.05, 3.63) is 47.1 Å². The van der Waals surface area contributed by atoms with Crippen LogP contribution < -0.4 is 5.32 Å². The van der Waals surface area contributed by atoms with Gasteiger partial charge in [-0.05, 0) is 18.1 Å². The summed E-state index contributed by atoms with van der Waals surface area (Å²) in [5.74, 6) is 0.806. The lowest BCUT2D eigenvalue weighted by Gasteiger charge is -2.32. The zero-order valence-corrected chi connectivity index (χ0v) is 14.0. The maximum absolute atomic E-state index is 11.4. The maximum atomic E-state index is 11.4. The SMILES string of the molecule is CNC(=O)Cc1noc(CN2CCOC(c3ccccc3C)C2)n1. The van der Waals surface area contributed by atoms with Gasteiger partial charge in [0.25, 0.3) is 0 Å². The highest BCUT2D eigenvalue weighted by molar-refractivity contribution is 5.77. The van der Waals surface area contributed by atoms with E-state index in [4.69, 9.17) is 9.26 Å². The average molecular weight is 330 g/mol. The molecule has 0 aliphatic carbocycles. The summed E-state index contributed by atoms with van der Waals surface area (Å²) in [6.45, 7) is 4.92. The van der Waals surface area contributed by atoms with Gasteiger partial charge in [-0.15, -0.1) is 0 Å². The monoisotopic (exact) mass is 330 g/mol. The molecule has 0 spiro atoms. The van der Waals surface area contributed by atoms with E-state index in [1.54, 1.807) is 7.05 Å². The van der Waals surface area contributed by atoms with E-state index >= 15 is 0 Å². The van der Waals surface area contributed by atoms with Crippen LogP contribution in [0.2, 0.25) is 0 Å². The highest BCUT2D eigenvalue weighted by Crippen LogP contribution is 2.25. The molecular formula is C17H22N4O3. The van der Waals surface area contributed by atoms with Crippen molar-refractivity contribution in [2.45, 2.75) is 26.0 Å². The molecule has 2 heterocycles. The van der Waals surface area contributed by atoms with Gasteiger partial charge in [0.05, 0.1) is 25.7 Å². The van der Waals surface area contributed by atoms with Gasteiger partial charge in [0, 0.05) is 20.1 Å². The smallest absolute Gasteiger partial charge is 0.240 e. The molecule has 1 aromatic carbocycles. The maximum Gasteiger partial charge on any atom is 0.240 e. The largest absolute Gasteiger partial charge is 0.371 e. The van der Waals surface area contributed by atoms with Crippen molar-refractivity contribution >= 4 is 5.91 Å². The Balaban J connectivity index is 1.61. The minimum absolute atomic E-state index is 0.0493. The molecule has 1 aliphatic rings. The lowest BCUT2D eigenvalue weighted by Crippen LogP contribution is -2.38. The number of carbonyl (C=O) groups excluding carboxylic acids is 1. The van der Waals surface area contributed by atoms with E-state index in [1.807, 2.05) is 12.1 Å². The zero-order chi connectivity index (χ0) is 16.9. The Morgan fingerprint density at radius 2 is 2.25 bits per heavy atom. The van der Waals surface area contributed by atoms with Gasteiger partial charge >= 0.3 is 0 Å². The molecule has 0 radical (unpaired) electrons. The molecule has 1 fully saturated rings. The molecule has 7 heteroatoms. The normalized spacial score (nSPS) is 18.5. The first kappa shape index (κ1) is 16.6. The lowest BCUT2D eigenvalue weighted by atomic mass is 10.0. The van der Waals surface area contributed by atoms with E-state index in [-0.39, 0.29) is 18.4 Å². The highest BCUT2D eigenvalue weighted by atomic mass is 16.5. The van der Waals surface area contributed by atoms with E-state index < -0.39 is 0 Å². The van der Waals surface area contributed by atoms with Gasteiger partial charge in [-0.25, -0.2) is 0 Å². The van der Waals surface area contributed by atoms with Crippen LogP contribution in [0.1, 0.15) is 28.9 Å². The third-order valence-electron chi connectivity index (χ3n) is 4.15. The standard InChI is InChI=1S/C17H22N4O3/c1-12-5-3-4-6-13(12)14-10-21(7-8-23-14)11-17-19-15(20-24-17)9-16(22)18-2/h3-6,14H,7-11H2,1-2H3,(H,18,22). The van der Waals surface area contributed by atoms with E-state index in [1.165, 1.54) is 11.1 Å². The first-order valence-electron chi connectivity index (χ1n) is 8.07. The number of amides is 1. The van der Waals surface area contributed by atoms with Crippen molar-refractivity contribution in [3.8, 4) is 0 Å². The summed E-state index contributed by atoms with van der Waals surface area (Å²) in [4.78, 5) is 17.9. The fourth-order valence-corrected chi connectivity index (χ4v) is 2.83. The number of aryl methyl sites for hydroxylation is 1. The van der Waals surface area contributed by atoms with Crippen LogP contribution >= 0.6 is 0 Å². The Morgan fingerprint density at radius 1 is 1.42 bits per heavy atom. The van der Waals surface area contributed by atoms with Gasteiger partial charge in [0.2, 0.25) is 11.8 Å². The first-order valence-corrected chi connectivity index (χ1v) is 8.07. The van der Waals surface area contributed by atoms with Crippen LogP contribution in [0.15, 0.2) is 28.8 Å². The number of aromatic nitrogens is 2. The minimum atomic E-state index is -0.131. The summed E-state index contributed by atoms with van der Waals surface area (Å²) >= 11 is 0. The molecule has 24 heavy (non-hydrogen) atoms. The number of ether oxygens (including phenoxy) is 1. The molecule has 1 unspecified atom stereocenters. The van der Waals surface area contributed by atoms with Crippen LogP contribution in [-0.4, -0.2) is 47.7 Å². The molecule has 1 aliphatic heterocycles. The third kappa shape index (κ3) is 3.98. The summed E-state index contributed by atoms with van der Waals surface area (Å²) in [6.07, 6.45) is 0.183. The van der Waals surface area contributed by atoms with Crippen LogP contribution in [0.25, 0.3) is 0 Å². The van der Waals surface area contributed by atoms with E-state index in [2.05, 4.69) is 39.4 Å². The molecule has 1 aromatic heterocycles. The number of carbonyl (C=O) groups is 1. The van der Waals surface area contributed by atoms with Gasteiger partial charge < -0.3 is 14.6 Å². The zero-order valence-electron chi connectivity index (χ0n) is 14.0. The van der Waals surface area contributed by atoms with Gasteiger partial charge in [-0.3, -0.25) is 9.69 Å². The molecule has 3 rings (SSSR count). The average Bonchev–Trinajstić information content (AvgIpc) is 3.02. The Kier molecular flexibility index (Phi) is 5.22. The molecular weight excluding hydrogens is 308 g/mol. The number of hydrogen-bond acceptors (Lipinski definition) is 6. The van der Waals surface area contributed by atoms with Crippen LogP contribution in [0, 0.1) is 6.92 Å². The second kappa shape index (κ2) is 7.55. The second-order valence-corrected chi connectivity index (χ2v) is 5.91. The fourth-order valence-electron chi connectivity index (χ4n) is 2.83. The van der Waals surface area contributed by atoms with Crippen LogP contribution in [0.5, 0.6) is 0 Å². The number of nitrogens with zero attached hydrogens (tertiary/aromatic N) is 3. The second-order valence-electron chi connectivity index (χ2n) is 5.91. The number of morpholine rings is 1. The van der Waals surface area contributed by atoms with Crippen molar-refractivity contribution in [1.29, 1.82) is 0 Å². The molecule has 128 valence electrons. The first-order chi connectivity index (χ1) is 11.7. The molecule has 2 aromatic rings. The molecule has 0 bridgehead atoms. The molecule has 1 saturated heterocycles. The van der Waals surface area contributed by atoms with Crippen molar-refractivity contribution in [2.24, 2.45) is 0 Å². The number of likely N-dealkylation sites (N-methyl/N-ethyl adjacent to an activating group) is 1. The van der Waals surface area contributed by atoms with Crippen LogP contribution in [0.3, 0.4) is 0 Å². The number of nitrogens with one attached hydrogen (secondary N) is 1. The molecule has 7 nitrogen and oxygen atoms in total. The third-order valence-corrected chi connectivity index (χ3v) is 4.15. The summed E-state index contributed by atoms with van der Waals surface area (Å²) in [5.41, 5.74) is 2.45. The van der Waals surface area contributed by atoms with Crippen LogP contribution in [-0.2, 0) is 22.5 Å². The number of benzene rings is 1. The van der Waals surface area contributed by atoms with E-state index in [9.17, 15) is 4.79 Å². The highest BCUT2D eigenvalue weighted by Gasteiger charge is 2.24. The number of hydrogen-bond donors (Lipinski definition) is 1. The topological polar surface area (TPSA) is 80.5 Å². The van der Waals surface area contributed by atoms with Gasteiger partial charge in [-0.1, -0.05) is 29.4 Å². The molecule has 1 atom stereocenters. The van der Waals surface area contributed by atoms with Gasteiger partial charge in [0.1, 0.15) is 0 Å². The number of rotatable bonds is 5. The molecule has 1 N–H and O–H groups in total. The predicted octanol–water partition coefficient (Wildman–Crippen LogP) is 1.24. The summed E-state index contributed by atoms with van der Waals surface area (Å²) < 4.78 is 11.2. The molecule has 0 saturated carbocycles. The van der Waals surface area contributed by atoms with E-state index in [0.29, 0.717) is 24.9 Å². The Bertz CT molecular complexity index is 701. The van der Waals surface area contributed by atoms with Gasteiger partial charge in [-0.2, -0.15) is 4.98 Å². The summed E-state index contributed by atoms with van der Waals surface area (Å²) in [5, 5.41) is 6.40. The van der Waals surface area contributed by atoms with Crippen LogP contribution in [0.4, 0.5) is 0 Å². The van der Waals surface area contributed by atoms with Crippen molar-refractivity contribution < 1.29 is 14.1 Å². The van der Waals surface area contributed by atoms with Crippen molar-refractivity contribution in [1.82, 2.24) is 20.4 Å². The Morgan fingerprint density at radius 3 is 3.04 bits per heavy atom. The Labute approximate surface area is 141 Å². The van der Waals surface area contributed by atoms with E-state index in [0.717, 1.165) is 13.1 Å². The predicted molar refractivity (Wildman–Crippen MR) is 87.2 cm³/mol.